The lowest BCUT2D eigenvalue weighted by atomic mass is 9.98. The van der Waals surface area contributed by atoms with Crippen LogP contribution in [-0.4, -0.2) is 4.98 Å². The number of hydrogen-bond acceptors (Lipinski definition) is 1. The zero-order chi connectivity index (χ0) is 23.2. The minimum absolute atomic E-state index is 0.242. The molecule has 1 heterocycles. The van der Waals surface area contributed by atoms with Crippen molar-refractivity contribution in [1.82, 2.24) is 4.98 Å². The molecule has 0 aliphatic rings. The summed E-state index contributed by atoms with van der Waals surface area (Å²) in [5, 5.41) is 0. The molecule has 0 saturated heterocycles. The number of hydrogen-bond donors (Lipinski definition) is 0. The fourth-order valence-electron chi connectivity index (χ4n) is 3.72. The first kappa shape index (κ1) is 21.6. The number of benzene rings is 3. The van der Waals surface area contributed by atoms with Crippen molar-refractivity contribution in [1.29, 1.82) is 0 Å². The molecule has 0 saturated carbocycles. The van der Waals surface area contributed by atoms with Gasteiger partial charge in [0.15, 0.2) is 23.3 Å². The van der Waals surface area contributed by atoms with E-state index in [1.807, 2.05) is 31.2 Å². The van der Waals surface area contributed by atoms with E-state index in [1.54, 1.807) is 41.9 Å². The van der Waals surface area contributed by atoms with E-state index < -0.39 is 34.6 Å². The van der Waals surface area contributed by atoms with Gasteiger partial charge in [0.1, 0.15) is 18.4 Å². The Morgan fingerprint density at radius 3 is 1.78 bits per heavy atom. The molecule has 0 unspecified atom stereocenters. The molecule has 4 aromatic rings. The van der Waals surface area contributed by atoms with Gasteiger partial charge < -0.3 is 0 Å². The minimum atomic E-state index is -2.20. The van der Waals surface area contributed by atoms with Gasteiger partial charge >= 0.3 is 0 Å². The van der Waals surface area contributed by atoms with Gasteiger partial charge in [-0.05, 0) is 18.6 Å². The Hall–Kier alpha value is -3.61. The second-order valence-electron chi connectivity index (χ2n) is 7.43. The van der Waals surface area contributed by atoms with Crippen molar-refractivity contribution in [2.45, 2.75) is 13.8 Å². The van der Waals surface area contributed by atoms with Crippen LogP contribution in [0, 0.1) is 42.9 Å². The monoisotopic (exact) mass is 441 g/mol. The van der Waals surface area contributed by atoms with Crippen LogP contribution in [-0.2, 0) is 7.05 Å². The average Bonchev–Trinajstić information content (AvgIpc) is 2.80. The lowest BCUT2D eigenvalue weighted by molar-refractivity contribution is -0.666. The molecule has 2 nitrogen and oxygen atoms in total. The van der Waals surface area contributed by atoms with E-state index in [4.69, 9.17) is 0 Å². The van der Waals surface area contributed by atoms with Crippen molar-refractivity contribution in [2.24, 2.45) is 7.05 Å². The van der Waals surface area contributed by atoms with Crippen LogP contribution in [0.3, 0.4) is 0 Å². The van der Waals surface area contributed by atoms with E-state index in [9.17, 15) is 22.0 Å². The number of nitrogens with zero attached hydrogens (tertiary/aromatic N) is 2. The largest absolute Gasteiger partial charge is 0.239 e. The minimum Gasteiger partial charge on any atom is -0.234 e. The molecule has 0 fully saturated rings. The predicted molar refractivity (Wildman–Crippen MR) is 111 cm³/mol. The summed E-state index contributed by atoms with van der Waals surface area (Å²) in [6, 6.07) is 16.4. The van der Waals surface area contributed by atoms with Crippen LogP contribution >= 0.6 is 0 Å². The molecule has 1 aromatic heterocycles. The van der Waals surface area contributed by atoms with E-state index in [2.05, 4.69) is 4.98 Å². The van der Waals surface area contributed by atoms with Gasteiger partial charge in [-0.2, -0.15) is 4.57 Å². The predicted octanol–water partition coefficient (Wildman–Crippen LogP) is 6.22. The Bertz CT molecular complexity index is 1320. The van der Waals surface area contributed by atoms with Crippen LogP contribution in [0.5, 0.6) is 0 Å². The van der Waals surface area contributed by atoms with Crippen molar-refractivity contribution >= 4 is 0 Å². The smallest absolute Gasteiger partial charge is 0.234 e. The fraction of sp³-hybridized carbons (Fsp3) is 0.120. The molecule has 0 atom stereocenters. The molecular weight excluding hydrogens is 423 g/mol. The summed E-state index contributed by atoms with van der Waals surface area (Å²) < 4.78 is 72.5. The van der Waals surface area contributed by atoms with E-state index >= 15 is 0 Å². The van der Waals surface area contributed by atoms with E-state index in [0.29, 0.717) is 17.0 Å². The van der Waals surface area contributed by atoms with Crippen molar-refractivity contribution in [3.8, 4) is 33.8 Å². The number of aryl methyl sites for hydroxylation is 1. The Balaban J connectivity index is 2.14. The quantitative estimate of drug-likeness (QED) is 0.160. The standard InChI is InChI=1S/C25H18F5N2/c1-13-9-7-8-12-16(13)25-24(15-10-5-4-6-11-15)31-23(14(2)32(25)3)17-18(26)20(28)22(30)21(29)19(17)27/h4-12H,1-3H3/q+1. The van der Waals surface area contributed by atoms with E-state index in [-0.39, 0.29) is 11.4 Å². The second kappa shape index (κ2) is 8.15. The lowest BCUT2D eigenvalue weighted by Crippen LogP contribution is -2.37. The van der Waals surface area contributed by atoms with Gasteiger partial charge in [0.05, 0.1) is 11.1 Å². The van der Waals surface area contributed by atoms with Crippen LogP contribution in [0.25, 0.3) is 33.8 Å². The summed E-state index contributed by atoms with van der Waals surface area (Å²) >= 11 is 0. The van der Waals surface area contributed by atoms with Gasteiger partial charge in [0.25, 0.3) is 0 Å². The Kier molecular flexibility index (Phi) is 5.50. The lowest BCUT2D eigenvalue weighted by Gasteiger charge is -2.15. The highest BCUT2D eigenvalue weighted by molar-refractivity contribution is 5.79. The van der Waals surface area contributed by atoms with Gasteiger partial charge in [-0.25, -0.2) is 26.9 Å². The Morgan fingerprint density at radius 2 is 1.19 bits per heavy atom. The summed E-state index contributed by atoms with van der Waals surface area (Å²) in [4.78, 5) is 4.47. The summed E-state index contributed by atoms with van der Waals surface area (Å²) in [6.07, 6.45) is 0. The highest BCUT2D eigenvalue weighted by Gasteiger charge is 2.33. The Labute approximate surface area is 181 Å². The Morgan fingerprint density at radius 1 is 0.656 bits per heavy atom. The fourth-order valence-corrected chi connectivity index (χ4v) is 3.72. The molecule has 162 valence electrons. The molecule has 0 spiro atoms. The third kappa shape index (κ3) is 3.34. The molecular formula is C25H18F5N2+. The number of rotatable bonds is 3. The van der Waals surface area contributed by atoms with Gasteiger partial charge in [-0.1, -0.05) is 48.5 Å². The van der Waals surface area contributed by atoms with Crippen molar-refractivity contribution in [3.63, 3.8) is 0 Å². The molecule has 4 rings (SSSR count). The first-order chi connectivity index (χ1) is 15.2. The average molecular weight is 441 g/mol. The van der Waals surface area contributed by atoms with Crippen LogP contribution < -0.4 is 4.57 Å². The molecule has 32 heavy (non-hydrogen) atoms. The van der Waals surface area contributed by atoms with Gasteiger partial charge in [0.2, 0.25) is 17.2 Å². The molecule has 0 aliphatic carbocycles. The maximum atomic E-state index is 14.7. The maximum absolute atomic E-state index is 14.7. The van der Waals surface area contributed by atoms with Crippen LogP contribution in [0.4, 0.5) is 22.0 Å². The molecule has 0 N–H and O–H groups in total. The van der Waals surface area contributed by atoms with Gasteiger partial charge in [0, 0.05) is 12.5 Å². The van der Waals surface area contributed by atoms with E-state index in [1.165, 1.54) is 6.92 Å². The number of aromatic nitrogens is 2. The molecule has 0 bridgehead atoms. The highest BCUT2D eigenvalue weighted by atomic mass is 19.2. The molecule has 0 radical (unpaired) electrons. The van der Waals surface area contributed by atoms with Crippen molar-refractivity contribution in [3.05, 3.63) is 94.9 Å². The molecule has 0 amide bonds. The van der Waals surface area contributed by atoms with Gasteiger partial charge in [-0.15, -0.1) is 0 Å². The van der Waals surface area contributed by atoms with Crippen LogP contribution in [0.2, 0.25) is 0 Å². The van der Waals surface area contributed by atoms with E-state index in [0.717, 1.165) is 11.1 Å². The summed E-state index contributed by atoms with van der Waals surface area (Å²) in [6.45, 7) is 3.44. The SMILES string of the molecule is Cc1ccccc1-c1c(-c2ccccc2)nc(-c2c(F)c(F)c(F)c(F)c2F)c(C)[n+]1C. The normalized spacial score (nSPS) is 11.1. The number of halogens is 5. The van der Waals surface area contributed by atoms with Gasteiger partial charge in [-0.3, -0.25) is 0 Å². The molecule has 0 aliphatic heterocycles. The first-order valence-electron chi connectivity index (χ1n) is 9.77. The zero-order valence-electron chi connectivity index (χ0n) is 17.5. The summed E-state index contributed by atoms with van der Waals surface area (Å²) in [5.41, 5.74) is 2.27. The maximum Gasteiger partial charge on any atom is 0.239 e. The second-order valence-corrected chi connectivity index (χ2v) is 7.43. The summed E-state index contributed by atoms with van der Waals surface area (Å²) in [5.74, 6) is -10.1. The third-order valence-corrected chi connectivity index (χ3v) is 5.52. The topological polar surface area (TPSA) is 16.8 Å². The first-order valence-corrected chi connectivity index (χ1v) is 9.77. The third-order valence-electron chi connectivity index (χ3n) is 5.52. The molecule has 3 aromatic carbocycles. The zero-order valence-corrected chi connectivity index (χ0v) is 17.5. The van der Waals surface area contributed by atoms with Crippen molar-refractivity contribution < 1.29 is 26.5 Å². The van der Waals surface area contributed by atoms with Crippen LogP contribution in [0.1, 0.15) is 11.3 Å². The van der Waals surface area contributed by atoms with Crippen LogP contribution in [0.15, 0.2) is 54.6 Å². The molecule has 7 heteroatoms. The summed E-state index contributed by atoms with van der Waals surface area (Å²) in [7, 11) is 1.67. The highest BCUT2D eigenvalue weighted by Crippen LogP contribution is 2.36. The van der Waals surface area contributed by atoms with Crippen molar-refractivity contribution in [2.75, 3.05) is 0 Å².